The second-order valence-electron chi connectivity index (χ2n) is 6.25. The van der Waals surface area contributed by atoms with E-state index in [0.717, 1.165) is 13.0 Å². The summed E-state index contributed by atoms with van der Waals surface area (Å²) in [7, 11) is 6.54. The van der Waals surface area contributed by atoms with E-state index in [-0.39, 0.29) is 0 Å². The van der Waals surface area contributed by atoms with Crippen LogP contribution in [0.1, 0.15) is 34.5 Å². The summed E-state index contributed by atoms with van der Waals surface area (Å²) in [6.45, 7) is 3.52. The molecule has 2 unspecified atom stereocenters. The van der Waals surface area contributed by atoms with Crippen molar-refractivity contribution in [3.05, 3.63) is 15.6 Å². The monoisotopic (exact) mass is 294 g/mol. The maximum Gasteiger partial charge on any atom is 0.0947 e. The maximum absolute atomic E-state index is 4.97. The van der Waals surface area contributed by atoms with Gasteiger partial charge in [0.1, 0.15) is 0 Å². The summed E-state index contributed by atoms with van der Waals surface area (Å²) in [4.78, 5) is 11.4. The Labute approximate surface area is 126 Å². The van der Waals surface area contributed by atoms with Gasteiger partial charge in [0.25, 0.3) is 0 Å². The number of likely N-dealkylation sites (N-methyl/N-ethyl adjacent to an activating group) is 2. The van der Waals surface area contributed by atoms with Crippen molar-refractivity contribution >= 4 is 11.3 Å². The Kier molecular flexibility index (Phi) is 4.40. The summed E-state index contributed by atoms with van der Waals surface area (Å²) in [5.41, 5.74) is 1.34. The molecule has 0 spiro atoms. The average molecular weight is 294 g/mol. The molecule has 1 fully saturated rings. The number of fused-ring (bicyclic) bond motifs is 1. The number of hydrogen-bond donors (Lipinski definition) is 1. The van der Waals surface area contributed by atoms with Crippen molar-refractivity contribution in [3.8, 4) is 0 Å². The van der Waals surface area contributed by atoms with Crippen molar-refractivity contribution in [2.24, 2.45) is 0 Å². The minimum Gasteiger partial charge on any atom is -0.312 e. The van der Waals surface area contributed by atoms with Gasteiger partial charge in [-0.25, -0.2) is 4.98 Å². The molecule has 20 heavy (non-hydrogen) atoms. The first kappa shape index (κ1) is 14.4. The van der Waals surface area contributed by atoms with Gasteiger partial charge in [-0.15, -0.1) is 11.3 Å². The maximum atomic E-state index is 4.97. The molecule has 2 aliphatic rings. The number of piperazine rings is 1. The van der Waals surface area contributed by atoms with Crippen LogP contribution in [0.2, 0.25) is 0 Å². The SMILES string of the molecule is CNC1CCCc2sc(CC3CN(C)CCN3C)nc21. The van der Waals surface area contributed by atoms with Crippen LogP contribution in [-0.2, 0) is 12.8 Å². The second-order valence-corrected chi connectivity index (χ2v) is 7.42. The molecular formula is C15H26N4S. The lowest BCUT2D eigenvalue weighted by Gasteiger charge is -2.37. The number of rotatable bonds is 3. The molecule has 1 aromatic rings. The molecule has 1 aromatic heterocycles. The fourth-order valence-electron chi connectivity index (χ4n) is 3.36. The average Bonchev–Trinajstić information content (AvgIpc) is 2.85. The van der Waals surface area contributed by atoms with E-state index in [1.54, 1.807) is 0 Å². The van der Waals surface area contributed by atoms with Gasteiger partial charge in [0.05, 0.1) is 16.7 Å². The number of thiazole rings is 1. The van der Waals surface area contributed by atoms with E-state index in [9.17, 15) is 0 Å². The van der Waals surface area contributed by atoms with Crippen molar-refractivity contribution in [1.82, 2.24) is 20.1 Å². The van der Waals surface area contributed by atoms with E-state index in [1.807, 2.05) is 11.3 Å². The Morgan fingerprint density at radius 2 is 2.20 bits per heavy atom. The van der Waals surface area contributed by atoms with E-state index >= 15 is 0 Å². The van der Waals surface area contributed by atoms with Gasteiger partial charge in [-0.05, 0) is 40.4 Å². The highest BCUT2D eigenvalue weighted by molar-refractivity contribution is 7.11. The number of nitrogens with one attached hydrogen (secondary N) is 1. The minimum absolute atomic E-state index is 0.482. The first-order valence-corrected chi connectivity index (χ1v) is 8.53. The largest absolute Gasteiger partial charge is 0.312 e. The van der Waals surface area contributed by atoms with Crippen LogP contribution in [0, 0.1) is 0 Å². The fourth-order valence-corrected chi connectivity index (χ4v) is 4.60. The number of aryl methyl sites for hydroxylation is 1. The van der Waals surface area contributed by atoms with Gasteiger partial charge in [-0.2, -0.15) is 0 Å². The van der Waals surface area contributed by atoms with Crippen LogP contribution in [0.3, 0.4) is 0 Å². The summed E-state index contributed by atoms with van der Waals surface area (Å²) in [5.74, 6) is 0. The molecule has 4 nitrogen and oxygen atoms in total. The summed E-state index contributed by atoms with van der Waals surface area (Å²) < 4.78 is 0. The molecule has 0 bridgehead atoms. The van der Waals surface area contributed by atoms with Crippen LogP contribution in [0.5, 0.6) is 0 Å². The lowest BCUT2D eigenvalue weighted by molar-refractivity contribution is 0.114. The third-order valence-electron chi connectivity index (χ3n) is 4.74. The normalized spacial score (nSPS) is 28.6. The van der Waals surface area contributed by atoms with Gasteiger partial charge in [-0.1, -0.05) is 0 Å². The highest BCUT2D eigenvalue weighted by Crippen LogP contribution is 2.33. The molecule has 3 rings (SSSR count). The fraction of sp³-hybridized carbons (Fsp3) is 0.800. The van der Waals surface area contributed by atoms with Gasteiger partial charge < -0.3 is 15.1 Å². The highest BCUT2D eigenvalue weighted by Gasteiger charge is 2.27. The molecule has 5 heteroatoms. The molecular weight excluding hydrogens is 268 g/mol. The van der Waals surface area contributed by atoms with Gasteiger partial charge in [-0.3, -0.25) is 0 Å². The molecule has 1 saturated heterocycles. The van der Waals surface area contributed by atoms with Crippen molar-refractivity contribution in [2.75, 3.05) is 40.8 Å². The molecule has 112 valence electrons. The summed E-state index contributed by atoms with van der Waals surface area (Å²) >= 11 is 1.96. The molecule has 1 N–H and O–H groups in total. The Morgan fingerprint density at radius 1 is 1.35 bits per heavy atom. The number of aromatic nitrogens is 1. The molecule has 0 amide bonds. The van der Waals surface area contributed by atoms with Crippen LogP contribution < -0.4 is 5.32 Å². The summed E-state index contributed by atoms with van der Waals surface area (Å²) in [6, 6.07) is 1.10. The van der Waals surface area contributed by atoms with Crippen molar-refractivity contribution in [3.63, 3.8) is 0 Å². The lowest BCUT2D eigenvalue weighted by Crippen LogP contribution is -2.50. The zero-order valence-electron chi connectivity index (χ0n) is 12.9. The molecule has 2 atom stereocenters. The zero-order valence-corrected chi connectivity index (χ0v) is 13.7. The standard InChI is InChI=1S/C15H26N4S/c1-16-12-5-4-6-13-15(12)17-14(20-13)9-11-10-18(2)7-8-19(11)3/h11-12,16H,4-10H2,1-3H3. The quantitative estimate of drug-likeness (QED) is 0.916. The van der Waals surface area contributed by atoms with Gasteiger partial charge >= 0.3 is 0 Å². The van der Waals surface area contributed by atoms with Crippen LogP contribution in [-0.4, -0.2) is 61.6 Å². The number of hydrogen-bond acceptors (Lipinski definition) is 5. The second kappa shape index (κ2) is 6.10. The molecule has 0 saturated carbocycles. The number of nitrogens with zero attached hydrogens (tertiary/aromatic N) is 3. The first-order valence-electron chi connectivity index (χ1n) is 7.72. The summed E-state index contributed by atoms with van der Waals surface area (Å²) in [5, 5.41) is 4.76. The van der Waals surface area contributed by atoms with E-state index in [0.29, 0.717) is 12.1 Å². The summed E-state index contributed by atoms with van der Waals surface area (Å²) in [6.07, 6.45) is 4.87. The van der Waals surface area contributed by atoms with Crippen LogP contribution in [0.15, 0.2) is 0 Å². The molecule has 1 aliphatic carbocycles. The minimum atomic E-state index is 0.482. The predicted octanol–water partition coefficient (Wildman–Crippen LogP) is 1.53. The Bertz CT molecular complexity index is 459. The van der Waals surface area contributed by atoms with E-state index in [4.69, 9.17) is 4.98 Å². The van der Waals surface area contributed by atoms with Gasteiger partial charge in [0.2, 0.25) is 0 Å². The molecule has 0 aromatic carbocycles. The van der Waals surface area contributed by atoms with E-state index in [1.165, 1.54) is 47.9 Å². The predicted molar refractivity (Wildman–Crippen MR) is 84.5 cm³/mol. The van der Waals surface area contributed by atoms with Gasteiger partial charge in [0, 0.05) is 37.0 Å². The first-order chi connectivity index (χ1) is 9.67. The van der Waals surface area contributed by atoms with Crippen LogP contribution in [0.25, 0.3) is 0 Å². The lowest BCUT2D eigenvalue weighted by atomic mass is 9.98. The molecule has 1 aliphatic heterocycles. The van der Waals surface area contributed by atoms with Crippen LogP contribution >= 0.6 is 11.3 Å². The zero-order chi connectivity index (χ0) is 14.1. The van der Waals surface area contributed by atoms with Crippen molar-refractivity contribution < 1.29 is 0 Å². The van der Waals surface area contributed by atoms with Gasteiger partial charge in [0.15, 0.2) is 0 Å². The Balaban J connectivity index is 1.73. The van der Waals surface area contributed by atoms with Crippen molar-refractivity contribution in [2.45, 2.75) is 37.8 Å². The topological polar surface area (TPSA) is 31.4 Å². The van der Waals surface area contributed by atoms with Crippen molar-refractivity contribution in [1.29, 1.82) is 0 Å². The highest BCUT2D eigenvalue weighted by atomic mass is 32.1. The third kappa shape index (κ3) is 2.91. The Hall–Kier alpha value is -0.490. The van der Waals surface area contributed by atoms with E-state index in [2.05, 4.69) is 36.3 Å². The third-order valence-corrected chi connectivity index (χ3v) is 5.89. The molecule has 2 heterocycles. The Morgan fingerprint density at radius 3 is 3.00 bits per heavy atom. The van der Waals surface area contributed by atoms with Crippen LogP contribution in [0.4, 0.5) is 0 Å². The molecule has 0 radical (unpaired) electrons. The van der Waals surface area contributed by atoms with E-state index < -0.39 is 0 Å². The smallest absolute Gasteiger partial charge is 0.0947 e.